The molecule has 7 nitrogen and oxygen atoms in total. The molecule has 3 rings (SSSR count). The Bertz CT molecular complexity index is 886. The molecule has 2 aromatic carbocycles. The summed E-state index contributed by atoms with van der Waals surface area (Å²) in [6.45, 7) is 5.39. The van der Waals surface area contributed by atoms with Gasteiger partial charge in [-0.1, -0.05) is 6.07 Å². The molecule has 0 atom stereocenters. The first-order valence-electron chi connectivity index (χ1n) is 9.39. The third-order valence-electron chi connectivity index (χ3n) is 4.49. The van der Waals surface area contributed by atoms with Crippen LogP contribution in [0.25, 0.3) is 0 Å². The van der Waals surface area contributed by atoms with E-state index in [0.717, 1.165) is 36.8 Å². The van der Waals surface area contributed by atoms with Gasteiger partial charge in [-0.3, -0.25) is 15.4 Å². The molecule has 28 heavy (non-hydrogen) atoms. The summed E-state index contributed by atoms with van der Waals surface area (Å²) >= 11 is 0. The third-order valence-corrected chi connectivity index (χ3v) is 4.49. The fraction of sp³-hybridized carbons (Fsp3) is 0.381. The number of nitrogens with zero attached hydrogens (tertiary/aromatic N) is 1. The zero-order valence-electron chi connectivity index (χ0n) is 16.4. The van der Waals surface area contributed by atoms with E-state index in [-0.39, 0.29) is 10.6 Å². The summed E-state index contributed by atoms with van der Waals surface area (Å²) in [6.07, 6.45) is 3.14. The molecule has 2 aromatic rings. The molecule has 1 aliphatic carbocycles. The minimum Gasteiger partial charge on any atom is -0.444 e. The van der Waals surface area contributed by atoms with Gasteiger partial charge in [-0.05, 0) is 82.3 Å². The average Bonchev–Trinajstić information content (AvgIpc) is 2.61. The molecule has 0 unspecified atom stereocenters. The first kappa shape index (κ1) is 19.7. The summed E-state index contributed by atoms with van der Waals surface area (Å²) in [7, 11) is 0. The minimum atomic E-state index is -0.572. The smallest absolute Gasteiger partial charge is 0.412 e. The van der Waals surface area contributed by atoms with E-state index >= 15 is 0 Å². The maximum atomic E-state index is 11.8. The molecule has 7 heteroatoms. The molecule has 0 fully saturated rings. The normalized spacial score (nSPS) is 13.4. The number of ether oxygens (including phenoxy) is 1. The largest absolute Gasteiger partial charge is 0.444 e. The van der Waals surface area contributed by atoms with Crippen LogP contribution in [-0.4, -0.2) is 16.6 Å². The number of benzene rings is 2. The molecule has 148 valence electrons. The van der Waals surface area contributed by atoms with E-state index in [0.29, 0.717) is 17.1 Å². The van der Waals surface area contributed by atoms with Crippen molar-refractivity contribution in [1.29, 1.82) is 0 Å². The summed E-state index contributed by atoms with van der Waals surface area (Å²) in [6, 6.07) is 10.7. The topological polar surface area (TPSA) is 93.5 Å². The van der Waals surface area contributed by atoms with Crippen LogP contribution in [0.1, 0.15) is 44.7 Å². The van der Waals surface area contributed by atoms with Crippen LogP contribution in [0.2, 0.25) is 0 Å². The number of anilines is 3. The maximum absolute atomic E-state index is 11.8. The minimum absolute atomic E-state index is 0.160. The second-order valence-corrected chi connectivity index (χ2v) is 7.89. The van der Waals surface area contributed by atoms with Gasteiger partial charge in [-0.15, -0.1) is 0 Å². The quantitative estimate of drug-likeness (QED) is 0.532. The molecule has 0 heterocycles. The van der Waals surface area contributed by atoms with Crippen LogP contribution in [0.3, 0.4) is 0 Å². The highest BCUT2D eigenvalue weighted by Gasteiger charge is 2.25. The molecular weight excluding hydrogens is 358 g/mol. The van der Waals surface area contributed by atoms with Crippen LogP contribution in [0.15, 0.2) is 36.4 Å². The van der Waals surface area contributed by atoms with Gasteiger partial charge in [0.1, 0.15) is 11.3 Å². The van der Waals surface area contributed by atoms with Crippen LogP contribution in [0, 0.1) is 10.1 Å². The third kappa shape index (κ3) is 4.79. The van der Waals surface area contributed by atoms with Gasteiger partial charge in [0.2, 0.25) is 0 Å². The van der Waals surface area contributed by atoms with Crippen LogP contribution in [-0.2, 0) is 17.6 Å². The molecular formula is C21H25N3O4. The fourth-order valence-corrected chi connectivity index (χ4v) is 3.33. The second-order valence-electron chi connectivity index (χ2n) is 7.89. The van der Waals surface area contributed by atoms with Crippen molar-refractivity contribution >= 4 is 28.8 Å². The van der Waals surface area contributed by atoms with Gasteiger partial charge < -0.3 is 10.1 Å². The Morgan fingerprint density at radius 3 is 2.32 bits per heavy atom. The highest BCUT2D eigenvalue weighted by atomic mass is 16.6. The van der Waals surface area contributed by atoms with Crippen LogP contribution >= 0.6 is 0 Å². The van der Waals surface area contributed by atoms with E-state index in [9.17, 15) is 14.9 Å². The maximum Gasteiger partial charge on any atom is 0.412 e. The Labute approximate surface area is 164 Å². The van der Waals surface area contributed by atoms with Crippen LogP contribution < -0.4 is 10.6 Å². The number of fused-ring (bicyclic) bond motifs is 1. The standard InChI is InChI=1S/C21H25N3O4/c1-21(2,3)28-20(25)23-16-11-9-15(10-12-16)22-18-13-8-14-6-4-5-7-17(14)19(18)24(26)27/h8-13,22H,4-7H2,1-3H3,(H,23,25). The Balaban J connectivity index is 1.76. The van der Waals surface area contributed by atoms with Crippen LogP contribution in [0.4, 0.5) is 27.5 Å². The summed E-state index contributed by atoms with van der Waals surface area (Å²) in [5.74, 6) is 0. The van der Waals surface area contributed by atoms with Crippen molar-refractivity contribution < 1.29 is 14.5 Å². The molecule has 0 radical (unpaired) electrons. The molecule has 0 spiro atoms. The average molecular weight is 383 g/mol. The van der Waals surface area contributed by atoms with Gasteiger partial charge >= 0.3 is 6.09 Å². The zero-order valence-corrected chi connectivity index (χ0v) is 16.4. The van der Waals surface area contributed by atoms with Gasteiger partial charge in [0.25, 0.3) is 5.69 Å². The van der Waals surface area contributed by atoms with E-state index in [1.54, 1.807) is 51.1 Å². The predicted molar refractivity (Wildman–Crippen MR) is 109 cm³/mol. The van der Waals surface area contributed by atoms with Crippen molar-refractivity contribution in [3.05, 3.63) is 57.6 Å². The number of nitro benzene ring substituents is 1. The molecule has 1 aliphatic rings. The van der Waals surface area contributed by atoms with E-state index in [2.05, 4.69) is 10.6 Å². The SMILES string of the molecule is CC(C)(C)OC(=O)Nc1ccc(Nc2ccc3c(c2[N+](=O)[O-])CCCC3)cc1. The molecule has 0 saturated heterocycles. The van der Waals surface area contributed by atoms with Gasteiger partial charge in [-0.2, -0.15) is 0 Å². The highest BCUT2D eigenvalue weighted by Crippen LogP contribution is 2.37. The van der Waals surface area contributed by atoms with E-state index in [1.165, 1.54) is 0 Å². The summed E-state index contributed by atoms with van der Waals surface area (Å²) in [5.41, 5.74) is 3.27. The summed E-state index contributed by atoms with van der Waals surface area (Å²) in [4.78, 5) is 23.2. The number of nitrogens with one attached hydrogen (secondary N) is 2. The number of amides is 1. The van der Waals surface area contributed by atoms with Gasteiger partial charge in [-0.25, -0.2) is 4.79 Å². The number of hydrogen-bond donors (Lipinski definition) is 2. The Morgan fingerprint density at radius 1 is 1.04 bits per heavy atom. The van der Waals surface area contributed by atoms with Crippen molar-refractivity contribution in [2.45, 2.75) is 52.1 Å². The highest BCUT2D eigenvalue weighted by molar-refractivity contribution is 5.85. The van der Waals surface area contributed by atoms with Gasteiger partial charge in [0, 0.05) is 16.9 Å². The number of aryl methyl sites for hydroxylation is 1. The number of nitro groups is 1. The summed E-state index contributed by atoms with van der Waals surface area (Å²) < 4.78 is 5.22. The van der Waals surface area contributed by atoms with Crippen molar-refractivity contribution in [3.8, 4) is 0 Å². The Kier molecular flexibility index (Phi) is 5.53. The molecule has 2 N–H and O–H groups in total. The van der Waals surface area contributed by atoms with Crippen LogP contribution in [0.5, 0.6) is 0 Å². The van der Waals surface area contributed by atoms with Gasteiger partial charge in [0.05, 0.1) is 4.92 Å². The molecule has 0 bridgehead atoms. The Morgan fingerprint density at radius 2 is 1.68 bits per heavy atom. The number of rotatable bonds is 4. The summed E-state index contributed by atoms with van der Waals surface area (Å²) in [5, 5.41) is 17.5. The molecule has 0 saturated carbocycles. The van der Waals surface area contributed by atoms with Crippen molar-refractivity contribution in [3.63, 3.8) is 0 Å². The first-order chi connectivity index (χ1) is 13.2. The molecule has 0 aromatic heterocycles. The number of carbonyl (C=O) groups is 1. The van der Waals surface area contributed by atoms with E-state index in [1.807, 2.05) is 6.07 Å². The van der Waals surface area contributed by atoms with E-state index in [4.69, 9.17) is 4.74 Å². The lowest BCUT2D eigenvalue weighted by atomic mass is 9.90. The monoisotopic (exact) mass is 383 g/mol. The number of hydrogen-bond acceptors (Lipinski definition) is 5. The van der Waals surface area contributed by atoms with Gasteiger partial charge in [0.15, 0.2) is 0 Å². The van der Waals surface area contributed by atoms with Crippen molar-refractivity contribution in [2.24, 2.45) is 0 Å². The number of carbonyl (C=O) groups excluding carboxylic acids is 1. The lowest BCUT2D eigenvalue weighted by Gasteiger charge is -2.20. The molecule has 1 amide bonds. The predicted octanol–water partition coefficient (Wildman–Crippen LogP) is 5.56. The molecule has 0 aliphatic heterocycles. The zero-order chi connectivity index (χ0) is 20.3. The fourth-order valence-electron chi connectivity index (χ4n) is 3.33. The lowest BCUT2D eigenvalue weighted by Crippen LogP contribution is -2.27. The lowest BCUT2D eigenvalue weighted by molar-refractivity contribution is -0.384. The van der Waals surface area contributed by atoms with Crippen molar-refractivity contribution in [2.75, 3.05) is 10.6 Å². The van der Waals surface area contributed by atoms with E-state index < -0.39 is 11.7 Å². The Hall–Kier alpha value is -3.09. The first-order valence-corrected chi connectivity index (χ1v) is 9.39. The second kappa shape index (κ2) is 7.88. The van der Waals surface area contributed by atoms with Crippen molar-refractivity contribution in [1.82, 2.24) is 0 Å².